The lowest BCUT2D eigenvalue weighted by molar-refractivity contribution is 0.391. The minimum Gasteiger partial charge on any atom is -0.314 e. The first kappa shape index (κ1) is 4.80. The zero-order valence-corrected chi connectivity index (χ0v) is 5.19. The number of hydrogen-bond donors (Lipinski definition) is 1. The molecule has 2 atom stereocenters. The monoisotopic (exact) mass is 111 g/mol. The molecule has 0 amide bonds. The molecule has 46 valence electrons. The smallest absolute Gasteiger partial charge is 0.00698 e. The van der Waals surface area contributed by atoms with E-state index in [1.54, 1.807) is 0 Å². The quantitative estimate of drug-likeness (QED) is 0.494. The van der Waals surface area contributed by atoms with Crippen molar-refractivity contribution in [1.82, 2.24) is 5.32 Å². The second-order valence-corrected chi connectivity index (χ2v) is 3.12. The van der Waals surface area contributed by atoms with Crippen LogP contribution >= 0.6 is 0 Å². The van der Waals surface area contributed by atoms with Crippen molar-refractivity contribution in [2.75, 3.05) is 6.54 Å². The molecule has 0 aromatic heterocycles. The molecule has 1 nitrogen and oxygen atoms in total. The van der Waals surface area contributed by atoms with Gasteiger partial charge in [-0.15, -0.1) is 0 Å². The highest BCUT2D eigenvalue weighted by atomic mass is 14.9. The van der Waals surface area contributed by atoms with Gasteiger partial charge in [-0.2, -0.15) is 0 Å². The Hall–Kier alpha value is -0.0400. The van der Waals surface area contributed by atoms with Crippen LogP contribution in [-0.4, -0.2) is 12.6 Å². The molecule has 1 aliphatic heterocycles. The molecule has 2 fully saturated rings. The molecule has 8 heavy (non-hydrogen) atoms. The van der Waals surface area contributed by atoms with Crippen molar-refractivity contribution in [2.24, 2.45) is 5.92 Å². The summed E-state index contributed by atoms with van der Waals surface area (Å²) in [6, 6.07) is 0.911. The van der Waals surface area contributed by atoms with Crippen LogP contribution in [0, 0.1) is 5.92 Å². The Balaban J connectivity index is 2.03. The summed E-state index contributed by atoms with van der Waals surface area (Å²) in [5, 5.41) is 3.51. The molecular formula is C7H13N. The summed E-state index contributed by atoms with van der Waals surface area (Å²) in [6.45, 7) is 1.29. The zero-order valence-electron chi connectivity index (χ0n) is 5.19. The van der Waals surface area contributed by atoms with Crippen molar-refractivity contribution < 1.29 is 0 Å². The highest BCUT2D eigenvalue weighted by molar-refractivity contribution is 4.85. The average Bonchev–Trinajstić information content (AvgIpc) is 2.12. The molecule has 2 aliphatic rings. The summed E-state index contributed by atoms with van der Waals surface area (Å²) in [6.07, 6.45) is 5.86. The summed E-state index contributed by atoms with van der Waals surface area (Å²) in [7, 11) is 0. The molecular weight excluding hydrogens is 98.1 g/mol. The van der Waals surface area contributed by atoms with Crippen LogP contribution in [0.3, 0.4) is 0 Å². The van der Waals surface area contributed by atoms with Gasteiger partial charge in [-0.1, -0.05) is 0 Å². The number of rotatable bonds is 0. The van der Waals surface area contributed by atoms with Gasteiger partial charge in [-0.05, 0) is 38.1 Å². The van der Waals surface area contributed by atoms with Gasteiger partial charge in [0.15, 0.2) is 0 Å². The molecule has 0 spiro atoms. The number of hydrogen-bond acceptors (Lipinski definition) is 1. The van der Waals surface area contributed by atoms with E-state index in [1.807, 2.05) is 0 Å². The standard InChI is InChI=1S/C7H13N/c1-2-7-5-6(1)3-4-8-7/h6-8H,1-5H2/t6?,7-/m0/s1. The second kappa shape index (κ2) is 1.73. The first-order valence-corrected chi connectivity index (χ1v) is 3.68. The molecule has 1 saturated carbocycles. The molecule has 1 unspecified atom stereocenters. The van der Waals surface area contributed by atoms with Crippen LogP contribution in [0.15, 0.2) is 0 Å². The van der Waals surface area contributed by atoms with Crippen molar-refractivity contribution >= 4 is 0 Å². The lowest BCUT2D eigenvalue weighted by atomic mass is 10.0. The Morgan fingerprint density at radius 2 is 2.12 bits per heavy atom. The van der Waals surface area contributed by atoms with E-state index in [2.05, 4.69) is 5.32 Å². The maximum absolute atomic E-state index is 3.51. The lowest BCUT2D eigenvalue weighted by Crippen LogP contribution is -2.31. The fourth-order valence-electron chi connectivity index (χ4n) is 2.01. The SMILES string of the molecule is C1CC2CC[C@@H](C2)N1. The Morgan fingerprint density at radius 1 is 1.12 bits per heavy atom. The largest absolute Gasteiger partial charge is 0.314 e. The molecule has 0 aromatic rings. The summed E-state index contributed by atoms with van der Waals surface area (Å²) >= 11 is 0. The van der Waals surface area contributed by atoms with Crippen molar-refractivity contribution in [3.63, 3.8) is 0 Å². The minimum absolute atomic E-state index is 0.911. The zero-order chi connectivity index (χ0) is 5.40. The minimum atomic E-state index is 0.911. The van der Waals surface area contributed by atoms with Gasteiger partial charge in [0.2, 0.25) is 0 Å². The van der Waals surface area contributed by atoms with Gasteiger partial charge in [-0.25, -0.2) is 0 Å². The van der Waals surface area contributed by atoms with E-state index >= 15 is 0 Å². The van der Waals surface area contributed by atoms with Gasteiger partial charge in [0.25, 0.3) is 0 Å². The molecule has 1 saturated heterocycles. The van der Waals surface area contributed by atoms with E-state index < -0.39 is 0 Å². The Bertz CT molecular complexity index is 76.4. The highest BCUT2D eigenvalue weighted by Gasteiger charge is 2.27. The molecule has 1 N–H and O–H groups in total. The molecule has 0 radical (unpaired) electrons. The van der Waals surface area contributed by atoms with Crippen LogP contribution in [-0.2, 0) is 0 Å². The van der Waals surface area contributed by atoms with Crippen LogP contribution in [0.5, 0.6) is 0 Å². The van der Waals surface area contributed by atoms with Crippen molar-refractivity contribution in [1.29, 1.82) is 0 Å². The maximum Gasteiger partial charge on any atom is 0.00698 e. The van der Waals surface area contributed by atoms with Crippen LogP contribution in [0.25, 0.3) is 0 Å². The Labute approximate surface area is 50.5 Å². The number of nitrogens with one attached hydrogen (secondary N) is 1. The fourth-order valence-corrected chi connectivity index (χ4v) is 2.01. The van der Waals surface area contributed by atoms with Gasteiger partial charge in [0.05, 0.1) is 0 Å². The first-order chi connectivity index (χ1) is 3.95. The summed E-state index contributed by atoms with van der Waals surface area (Å²) in [4.78, 5) is 0. The van der Waals surface area contributed by atoms with Crippen molar-refractivity contribution in [2.45, 2.75) is 31.7 Å². The third-order valence-corrected chi connectivity index (χ3v) is 2.53. The molecule has 1 aliphatic carbocycles. The molecule has 1 heterocycles. The van der Waals surface area contributed by atoms with E-state index in [1.165, 1.54) is 32.2 Å². The summed E-state index contributed by atoms with van der Waals surface area (Å²) < 4.78 is 0. The fraction of sp³-hybridized carbons (Fsp3) is 1.00. The molecule has 1 heteroatoms. The second-order valence-electron chi connectivity index (χ2n) is 3.12. The van der Waals surface area contributed by atoms with E-state index in [0.717, 1.165) is 12.0 Å². The van der Waals surface area contributed by atoms with Gasteiger partial charge in [0.1, 0.15) is 0 Å². The maximum atomic E-state index is 3.51. The van der Waals surface area contributed by atoms with Gasteiger partial charge < -0.3 is 5.32 Å². The number of piperidine rings is 1. The predicted octanol–water partition coefficient (Wildman–Crippen LogP) is 1.15. The third-order valence-electron chi connectivity index (χ3n) is 2.53. The highest BCUT2D eigenvalue weighted by Crippen LogP contribution is 2.30. The number of fused-ring (bicyclic) bond motifs is 2. The Morgan fingerprint density at radius 3 is 2.88 bits per heavy atom. The van der Waals surface area contributed by atoms with Gasteiger partial charge >= 0.3 is 0 Å². The Kier molecular flexibility index (Phi) is 1.04. The third kappa shape index (κ3) is 0.655. The predicted molar refractivity (Wildman–Crippen MR) is 33.7 cm³/mol. The molecule has 0 aromatic carbocycles. The first-order valence-electron chi connectivity index (χ1n) is 3.68. The normalized spacial score (nSPS) is 45.0. The summed E-state index contributed by atoms with van der Waals surface area (Å²) in [5.74, 6) is 1.10. The van der Waals surface area contributed by atoms with Crippen molar-refractivity contribution in [3.05, 3.63) is 0 Å². The van der Waals surface area contributed by atoms with Crippen LogP contribution in [0.2, 0.25) is 0 Å². The van der Waals surface area contributed by atoms with E-state index in [4.69, 9.17) is 0 Å². The van der Waals surface area contributed by atoms with Gasteiger partial charge in [0, 0.05) is 6.04 Å². The van der Waals surface area contributed by atoms with Crippen LogP contribution in [0.4, 0.5) is 0 Å². The van der Waals surface area contributed by atoms with Crippen LogP contribution in [0.1, 0.15) is 25.7 Å². The van der Waals surface area contributed by atoms with E-state index in [-0.39, 0.29) is 0 Å². The van der Waals surface area contributed by atoms with Crippen molar-refractivity contribution in [3.8, 4) is 0 Å². The topological polar surface area (TPSA) is 12.0 Å². The van der Waals surface area contributed by atoms with E-state index in [0.29, 0.717) is 0 Å². The average molecular weight is 111 g/mol. The van der Waals surface area contributed by atoms with Crippen LogP contribution < -0.4 is 5.32 Å². The molecule has 2 rings (SSSR count). The van der Waals surface area contributed by atoms with Gasteiger partial charge in [-0.3, -0.25) is 0 Å². The lowest BCUT2D eigenvalue weighted by Gasteiger charge is -2.19. The van der Waals surface area contributed by atoms with E-state index in [9.17, 15) is 0 Å². The summed E-state index contributed by atoms with van der Waals surface area (Å²) in [5.41, 5.74) is 0. The molecule has 2 bridgehead atoms.